The van der Waals surface area contributed by atoms with E-state index in [9.17, 15) is 13.2 Å². The molecule has 0 aromatic carbocycles. The maximum absolute atomic E-state index is 12.2. The van der Waals surface area contributed by atoms with E-state index >= 15 is 0 Å². The highest BCUT2D eigenvalue weighted by molar-refractivity contribution is 9.10. The molecule has 1 atom stereocenters. The number of carbonyl (C=O) groups is 1. The fourth-order valence-corrected chi connectivity index (χ4v) is 3.04. The van der Waals surface area contributed by atoms with Crippen LogP contribution in [0.15, 0.2) is 16.7 Å². The summed E-state index contributed by atoms with van der Waals surface area (Å²) in [7, 11) is -3.13. The third-order valence-corrected chi connectivity index (χ3v) is 3.91. The van der Waals surface area contributed by atoms with Gasteiger partial charge < -0.3 is 10.6 Å². The van der Waals surface area contributed by atoms with Gasteiger partial charge in [-0.3, -0.25) is 4.79 Å². The number of aromatic nitrogens is 1. The molecule has 1 aromatic rings. The van der Waals surface area contributed by atoms with E-state index in [0.717, 1.165) is 6.26 Å². The van der Waals surface area contributed by atoms with E-state index in [1.54, 1.807) is 19.2 Å². The Morgan fingerprint density at radius 1 is 1.50 bits per heavy atom. The van der Waals surface area contributed by atoms with Crippen LogP contribution in [0.5, 0.6) is 0 Å². The number of nitrogens with zero attached hydrogens (tertiary/aromatic N) is 1. The molecule has 1 aromatic heterocycles. The maximum atomic E-state index is 12.2. The lowest BCUT2D eigenvalue weighted by molar-refractivity contribution is 0.0944. The highest BCUT2D eigenvalue weighted by Gasteiger charge is 2.17. The second-order valence-electron chi connectivity index (χ2n) is 4.55. The van der Waals surface area contributed by atoms with Crippen LogP contribution in [0.1, 0.15) is 24.2 Å². The van der Waals surface area contributed by atoms with Gasteiger partial charge in [0.25, 0.3) is 5.91 Å². The van der Waals surface area contributed by atoms with Crippen molar-refractivity contribution in [1.29, 1.82) is 0 Å². The SMILES string of the molecule is CCNc1ncc(Br)cc1C(=O)NC(C)CS(C)(=O)=O. The number of anilines is 1. The number of amides is 1. The van der Waals surface area contributed by atoms with Crippen molar-refractivity contribution >= 4 is 37.5 Å². The van der Waals surface area contributed by atoms with Gasteiger partial charge in [0, 0.05) is 29.5 Å². The zero-order valence-electron chi connectivity index (χ0n) is 11.6. The monoisotopic (exact) mass is 363 g/mol. The molecule has 0 saturated carbocycles. The second kappa shape index (κ2) is 7.03. The molecule has 1 rings (SSSR count). The quantitative estimate of drug-likeness (QED) is 0.798. The minimum Gasteiger partial charge on any atom is -0.370 e. The highest BCUT2D eigenvalue weighted by Crippen LogP contribution is 2.18. The Morgan fingerprint density at radius 2 is 2.15 bits per heavy atom. The van der Waals surface area contributed by atoms with Crippen molar-refractivity contribution in [2.24, 2.45) is 0 Å². The number of nitrogens with one attached hydrogen (secondary N) is 2. The van der Waals surface area contributed by atoms with Gasteiger partial charge in [-0.25, -0.2) is 13.4 Å². The van der Waals surface area contributed by atoms with Crippen LogP contribution >= 0.6 is 15.9 Å². The lowest BCUT2D eigenvalue weighted by Gasteiger charge is -2.15. The van der Waals surface area contributed by atoms with Crippen LogP contribution in [0.3, 0.4) is 0 Å². The highest BCUT2D eigenvalue weighted by atomic mass is 79.9. The fraction of sp³-hybridized carbons (Fsp3) is 0.500. The molecule has 0 aliphatic heterocycles. The number of halogens is 1. The van der Waals surface area contributed by atoms with Crippen molar-refractivity contribution in [3.8, 4) is 0 Å². The molecule has 0 saturated heterocycles. The van der Waals surface area contributed by atoms with Gasteiger partial charge in [0.1, 0.15) is 15.7 Å². The summed E-state index contributed by atoms with van der Waals surface area (Å²) in [6.07, 6.45) is 2.73. The number of hydrogen-bond acceptors (Lipinski definition) is 5. The Hall–Kier alpha value is -1.15. The van der Waals surface area contributed by atoms with E-state index in [4.69, 9.17) is 0 Å². The van der Waals surface area contributed by atoms with Crippen molar-refractivity contribution in [2.45, 2.75) is 19.9 Å². The van der Waals surface area contributed by atoms with E-state index in [1.165, 1.54) is 0 Å². The summed E-state index contributed by atoms with van der Waals surface area (Å²) < 4.78 is 23.1. The maximum Gasteiger partial charge on any atom is 0.255 e. The molecule has 1 heterocycles. The molecule has 112 valence electrons. The summed E-state index contributed by atoms with van der Waals surface area (Å²) in [6.45, 7) is 4.18. The van der Waals surface area contributed by atoms with Crippen molar-refractivity contribution in [3.05, 3.63) is 22.3 Å². The van der Waals surface area contributed by atoms with Crippen molar-refractivity contribution in [3.63, 3.8) is 0 Å². The molecular formula is C12H18BrN3O3S. The molecule has 6 nitrogen and oxygen atoms in total. The lowest BCUT2D eigenvalue weighted by atomic mass is 10.2. The number of hydrogen-bond donors (Lipinski definition) is 2. The first-order chi connectivity index (χ1) is 9.23. The van der Waals surface area contributed by atoms with Gasteiger partial charge in [0.2, 0.25) is 0 Å². The molecule has 0 spiro atoms. The fourth-order valence-electron chi connectivity index (χ4n) is 1.72. The van der Waals surface area contributed by atoms with Crippen LogP contribution < -0.4 is 10.6 Å². The molecule has 0 aliphatic rings. The van der Waals surface area contributed by atoms with Crippen LogP contribution in [0.2, 0.25) is 0 Å². The summed E-state index contributed by atoms with van der Waals surface area (Å²) in [4.78, 5) is 16.3. The molecule has 1 unspecified atom stereocenters. The Morgan fingerprint density at radius 3 is 2.70 bits per heavy atom. The van der Waals surface area contributed by atoms with Crippen molar-refractivity contribution < 1.29 is 13.2 Å². The summed E-state index contributed by atoms with van der Waals surface area (Å²) >= 11 is 3.26. The van der Waals surface area contributed by atoms with Gasteiger partial charge >= 0.3 is 0 Å². The molecule has 2 N–H and O–H groups in total. The predicted molar refractivity (Wildman–Crippen MR) is 82.7 cm³/mol. The molecule has 1 amide bonds. The first kappa shape index (κ1) is 16.9. The Bertz CT molecular complexity index is 590. The normalized spacial score (nSPS) is 12.8. The second-order valence-corrected chi connectivity index (χ2v) is 7.65. The Kier molecular flexibility index (Phi) is 5.94. The smallest absolute Gasteiger partial charge is 0.255 e. The van der Waals surface area contributed by atoms with E-state index in [0.29, 0.717) is 22.4 Å². The molecular weight excluding hydrogens is 346 g/mol. The topological polar surface area (TPSA) is 88.2 Å². The van der Waals surface area contributed by atoms with Crippen molar-refractivity contribution in [1.82, 2.24) is 10.3 Å². The van der Waals surface area contributed by atoms with Crippen LogP contribution in [0.25, 0.3) is 0 Å². The third-order valence-electron chi connectivity index (χ3n) is 2.37. The van der Waals surface area contributed by atoms with Crippen LogP contribution in [-0.2, 0) is 9.84 Å². The molecule has 0 fully saturated rings. The first-order valence-electron chi connectivity index (χ1n) is 6.11. The molecule has 0 aliphatic carbocycles. The van der Waals surface area contributed by atoms with E-state index in [-0.39, 0.29) is 11.7 Å². The molecule has 0 radical (unpaired) electrons. The number of pyridine rings is 1. The summed E-state index contributed by atoms with van der Waals surface area (Å²) in [5.41, 5.74) is 0.376. The zero-order chi connectivity index (χ0) is 15.3. The minimum absolute atomic E-state index is 0.100. The van der Waals surface area contributed by atoms with Crippen molar-refractivity contribution in [2.75, 3.05) is 23.9 Å². The van der Waals surface area contributed by atoms with E-state index in [1.807, 2.05) is 6.92 Å². The van der Waals surface area contributed by atoms with Gasteiger partial charge in [-0.1, -0.05) is 0 Å². The molecule has 8 heteroatoms. The largest absolute Gasteiger partial charge is 0.370 e. The average Bonchev–Trinajstić information content (AvgIpc) is 2.29. The summed E-state index contributed by atoms with van der Waals surface area (Å²) in [5, 5.41) is 5.65. The lowest BCUT2D eigenvalue weighted by Crippen LogP contribution is -2.37. The zero-order valence-corrected chi connectivity index (χ0v) is 14.0. The van der Waals surface area contributed by atoms with E-state index < -0.39 is 15.9 Å². The van der Waals surface area contributed by atoms with Gasteiger partial charge in [-0.05, 0) is 35.8 Å². The summed E-state index contributed by atoms with van der Waals surface area (Å²) in [6, 6.07) is 1.18. The van der Waals surface area contributed by atoms with Gasteiger partial charge in [0.05, 0.1) is 11.3 Å². The predicted octanol–water partition coefficient (Wildman–Crippen LogP) is 1.44. The van der Waals surface area contributed by atoms with Crippen LogP contribution in [0, 0.1) is 0 Å². The minimum atomic E-state index is -3.13. The molecule has 0 bridgehead atoms. The standard InChI is InChI=1S/C12H18BrN3O3S/c1-4-14-11-10(5-9(13)6-15-11)12(17)16-8(2)7-20(3,18)19/h5-6,8H,4,7H2,1-3H3,(H,14,15)(H,16,17). The summed E-state index contributed by atoms with van der Waals surface area (Å²) in [5.74, 6) is 0.0159. The van der Waals surface area contributed by atoms with Gasteiger partial charge in [0.15, 0.2) is 0 Å². The average molecular weight is 364 g/mol. The number of rotatable bonds is 6. The van der Waals surface area contributed by atoms with Crippen LogP contribution in [0.4, 0.5) is 5.82 Å². The molecule has 20 heavy (non-hydrogen) atoms. The number of sulfone groups is 1. The Labute approximate surface area is 127 Å². The number of carbonyl (C=O) groups excluding carboxylic acids is 1. The third kappa shape index (κ3) is 5.46. The van der Waals surface area contributed by atoms with Crippen LogP contribution in [-0.4, -0.2) is 43.9 Å². The Balaban J connectivity index is 2.88. The van der Waals surface area contributed by atoms with E-state index in [2.05, 4.69) is 31.5 Å². The van der Waals surface area contributed by atoms with Gasteiger partial charge in [-0.2, -0.15) is 0 Å². The van der Waals surface area contributed by atoms with Gasteiger partial charge in [-0.15, -0.1) is 0 Å². The first-order valence-corrected chi connectivity index (χ1v) is 8.96.